The zero-order valence-corrected chi connectivity index (χ0v) is 11.6. The molecule has 0 bridgehead atoms. The Balaban J connectivity index is 2.13. The van der Waals surface area contributed by atoms with Crippen LogP contribution in [0.1, 0.15) is 12.0 Å². The lowest BCUT2D eigenvalue weighted by atomic mass is 10.2. The molecule has 0 atom stereocenters. The number of hydrogen-bond acceptors (Lipinski definition) is 2. The predicted molar refractivity (Wildman–Crippen MR) is 75.3 cm³/mol. The van der Waals surface area contributed by atoms with Gasteiger partial charge in [-0.3, -0.25) is 0 Å². The second kappa shape index (κ2) is 5.94. The highest BCUT2D eigenvalue weighted by molar-refractivity contribution is 6.32. The van der Waals surface area contributed by atoms with E-state index in [0.29, 0.717) is 5.88 Å². The highest BCUT2D eigenvalue weighted by Gasteiger charge is 2.13. The molecule has 0 amide bonds. The van der Waals surface area contributed by atoms with E-state index in [9.17, 15) is 0 Å². The van der Waals surface area contributed by atoms with E-state index in [0.717, 1.165) is 30.2 Å². The molecule has 94 valence electrons. The van der Waals surface area contributed by atoms with Gasteiger partial charge >= 0.3 is 0 Å². The quantitative estimate of drug-likeness (QED) is 0.763. The SMILES string of the molecule is CN1CCCN(c2ccc(CCl)c(Cl)c2)CC1. The summed E-state index contributed by atoms with van der Waals surface area (Å²) in [7, 11) is 2.17. The van der Waals surface area contributed by atoms with Crippen LogP contribution in [0.3, 0.4) is 0 Å². The topological polar surface area (TPSA) is 6.48 Å². The Morgan fingerprint density at radius 3 is 2.71 bits per heavy atom. The average Bonchev–Trinajstić information content (AvgIpc) is 2.54. The normalized spacial score (nSPS) is 18.2. The summed E-state index contributed by atoms with van der Waals surface area (Å²) in [6, 6.07) is 6.18. The van der Waals surface area contributed by atoms with Crippen molar-refractivity contribution in [3.63, 3.8) is 0 Å². The van der Waals surface area contributed by atoms with Crippen molar-refractivity contribution in [3.05, 3.63) is 28.8 Å². The second-order valence-corrected chi connectivity index (χ2v) is 5.23. The van der Waals surface area contributed by atoms with Crippen LogP contribution in [0.2, 0.25) is 5.02 Å². The van der Waals surface area contributed by atoms with Crippen LogP contribution in [-0.4, -0.2) is 38.1 Å². The summed E-state index contributed by atoms with van der Waals surface area (Å²) in [6.45, 7) is 4.44. The van der Waals surface area contributed by atoms with Crippen LogP contribution in [0.5, 0.6) is 0 Å². The summed E-state index contributed by atoms with van der Waals surface area (Å²) in [5, 5.41) is 0.773. The molecule has 1 aliphatic rings. The molecule has 0 radical (unpaired) electrons. The van der Waals surface area contributed by atoms with Gasteiger partial charge in [-0.15, -0.1) is 11.6 Å². The highest BCUT2D eigenvalue weighted by atomic mass is 35.5. The summed E-state index contributed by atoms with van der Waals surface area (Å²) in [5.41, 5.74) is 2.21. The van der Waals surface area contributed by atoms with Crippen LogP contribution in [0.25, 0.3) is 0 Å². The van der Waals surface area contributed by atoms with Gasteiger partial charge in [0.25, 0.3) is 0 Å². The summed E-state index contributed by atoms with van der Waals surface area (Å²) >= 11 is 12.0. The smallest absolute Gasteiger partial charge is 0.0488 e. The minimum atomic E-state index is 0.474. The minimum absolute atomic E-state index is 0.474. The summed E-state index contributed by atoms with van der Waals surface area (Å²) in [4.78, 5) is 4.77. The minimum Gasteiger partial charge on any atom is -0.370 e. The Bertz CT molecular complexity index is 382. The van der Waals surface area contributed by atoms with E-state index in [1.54, 1.807) is 0 Å². The molecule has 0 unspecified atom stereocenters. The van der Waals surface area contributed by atoms with Crippen LogP contribution in [-0.2, 0) is 5.88 Å². The standard InChI is InChI=1S/C13H18Cl2N2/c1-16-5-2-6-17(8-7-16)12-4-3-11(10-14)13(15)9-12/h3-4,9H,2,5-8,10H2,1H3. The van der Waals surface area contributed by atoms with Gasteiger partial charge in [0.1, 0.15) is 0 Å². The van der Waals surface area contributed by atoms with Crippen molar-refractivity contribution in [1.29, 1.82) is 0 Å². The Morgan fingerprint density at radius 1 is 1.18 bits per heavy atom. The van der Waals surface area contributed by atoms with Crippen molar-refractivity contribution >= 4 is 28.9 Å². The largest absolute Gasteiger partial charge is 0.370 e. The molecule has 0 saturated carbocycles. The first-order valence-corrected chi connectivity index (χ1v) is 6.90. The zero-order valence-electron chi connectivity index (χ0n) is 10.1. The van der Waals surface area contributed by atoms with Gasteiger partial charge in [0.15, 0.2) is 0 Å². The van der Waals surface area contributed by atoms with E-state index in [1.807, 2.05) is 12.1 Å². The highest BCUT2D eigenvalue weighted by Crippen LogP contribution is 2.25. The van der Waals surface area contributed by atoms with Crippen LogP contribution in [0.4, 0.5) is 5.69 Å². The molecule has 1 fully saturated rings. The molecule has 2 rings (SSSR count). The van der Waals surface area contributed by atoms with Crippen molar-refractivity contribution in [3.8, 4) is 0 Å². The van der Waals surface area contributed by atoms with Gasteiger partial charge < -0.3 is 9.80 Å². The third kappa shape index (κ3) is 3.27. The first-order chi connectivity index (χ1) is 8.20. The zero-order chi connectivity index (χ0) is 12.3. The monoisotopic (exact) mass is 272 g/mol. The number of alkyl halides is 1. The Labute approximate surface area is 113 Å². The number of hydrogen-bond donors (Lipinski definition) is 0. The molecule has 0 N–H and O–H groups in total. The van der Waals surface area contributed by atoms with Gasteiger partial charge in [-0.2, -0.15) is 0 Å². The van der Waals surface area contributed by atoms with Crippen molar-refractivity contribution in [2.75, 3.05) is 38.1 Å². The van der Waals surface area contributed by atoms with Crippen LogP contribution < -0.4 is 4.90 Å². The maximum absolute atomic E-state index is 6.20. The molecule has 2 nitrogen and oxygen atoms in total. The molecule has 1 aromatic carbocycles. The van der Waals surface area contributed by atoms with Gasteiger partial charge in [-0.05, 0) is 37.7 Å². The van der Waals surface area contributed by atoms with Crippen LogP contribution in [0.15, 0.2) is 18.2 Å². The number of anilines is 1. The fourth-order valence-electron chi connectivity index (χ4n) is 2.15. The number of likely N-dealkylation sites (N-methyl/N-ethyl adjacent to an activating group) is 1. The van der Waals surface area contributed by atoms with Crippen molar-refractivity contribution < 1.29 is 0 Å². The van der Waals surface area contributed by atoms with Crippen molar-refractivity contribution in [1.82, 2.24) is 4.90 Å². The van der Waals surface area contributed by atoms with E-state index in [4.69, 9.17) is 23.2 Å². The Kier molecular flexibility index (Phi) is 4.55. The van der Waals surface area contributed by atoms with Crippen molar-refractivity contribution in [2.24, 2.45) is 0 Å². The predicted octanol–water partition coefficient (Wildman–Crippen LogP) is 3.22. The van der Waals surface area contributed by atoms with Crippen LogP contribution in [0, 0.1) is 0 Å². The second-order valence-electron chi connectivity index (χ2n) is 4.55. The lowest BCUT2D eigenvalue weighted by Crippen LogP contribution is -2.28. The fourth-order valence-corrected chi connectivity index (χ4v) is 2.69. The third-order valence-electron chi connectivity index (χ3n) is 3.27. The molecule has 0 spiro atoms. The lowest BCUT2D eigenvalue weighted by Gasteiger charge is -2.23. The first-order valence-electron chi connectivity index (χ1n) is 5.98. The Hall–Kier alpha value is -0.440. The number of rotatable bonds is 2. The van der Waals surface area contributed by atoms with Gasteiger partial charge in [0, 0.05) is 36.2 Å². The van der Waals surface area contributed by atoms with Crippen LogP contribution >= 0.6 is 23.2 Å². The van der Waals surface area contributed by atoms with E-state index in [2.05, 4.69) is 22.9 Å². The number of halogens is 2. The Morgan fingerprint density at radius 2 is 2.00 bits per heavy atom. The molecule has 0 aliphatic carbocycles. The molecule has 1 heterocycles. The van der Waals surface area contributed by atoms with Gasteiger partial charge in [-0.1, -0.05) is 17.7 Å². The summed E-state index contributed by atoms with van der Waals surface area (Å²) < 4.78 is 0. The molecule has 17 heavy (non-hydrogen) atoms. The maximum Gasteiger partial charge on any atom is 0.0488 e. The first kappa shape index (κ1) is 13.0. The molecule has 1 aromatic rings. The van der Waals surface area contributed by atoms with E-state index < -0.39 is 0 Å². The fraction of sp³-hybridized carbons (Fsp3) is 0.538. The molecule has 1 saturated heterocycles. The molecular weight excluding hydrogens is 255 g/mol. The van der Waals surface area contributed by atoms with Gasteiger partial charge in [0.05, 0.1) is 0 Å². The van der Waals surface area contributed by atoms with Crippen molar-refractivity contribution in [2.45, 2.75) is 12.3 Å². The molecule has 0 aromatic heterocycles. The maximum atomic E-state index is 6.20. The molecular formula is C13H18Cl2N2. The van der Waals surface area contributed by atoms with E-state index in [-0.39, 0.29) is 0 Å². The third-order valence-corrected chi connectivity index (χ3v) is 3.91. The summed E-state index contributed by atoms with van der Waals surface area (Å²) in [6.07, 6.45) is 1.20. The number of nitrogens with zero attached hydrogens (tertiary/aromatic N) is 2. The molecule has 4 heteroatoms. The van der Waals surface area contributed by atoms with Gasteiger partial charge in [0.2, 0.25) is 0 Å². The van der Waals surface area contributed by atoms with E-state index >= 15 is 0 Å². The number of benzene rings is 1. The average molecular weight is 273 g/mol. The van der Waals surface area contributed by atoms with E-state index in [1.165, 1.54) is 18.7 Å². The van der Waals surface area contributed by atoms with Gasteiger partial charge in [-0.25, -0.2) is 0 Å². The summed E-state index contributed by atoms with van der Waals surface area (Å²) in [5.74, 6) is 0.474. The molecule has 1 aliphatic heterocycles. The lowest BCUT2D eigenvalue weighted by molar-refractivity contribution is 0.360.